The van der Waals surface area contributed by atoms with Crippen LogP contribution in [0.2, 0.25) is 0 Å². The quantitative estimate of drug-likeness (QED) is 0.212. The van der Waals surface area contributed by atoms with Crippen molar-refractivity contribution in [1.29, 1.82) is 0 Å². The number of amides is 2. The normalized spacial score (nSPS) is 17.9. The van der Waals surface area contributed by atoms with Crippen molar-refractivity contribution < 1.29 is 37.3 Å². The number of aliphatic hydroxyl groups is 1. The first kappa shape index (κ1) is 36.8. The number of likely N-dealkylation sites (tertiary alicyclic amines) is 1. The molecule has 2 aliphatic rings. The number of ether oxygens (including phenoxy) is 3. The average Bonchev–Trinajstić information content (AvgIpc) is 3.63. The highest BCUT2D eigenvalue weighted by Crippen LogP contribution is 2.32. The monoisotopic (exact) mass is 711 g/mol. The minimum absolute atomic E-state index is 0.0181. The van der Waals surface area contributed by atoms with E-state index in [1.165, 1.54) is 19.2 Å². The van der Waals surface area contributed by atoms with Crippen molar-refractivity contribution >= 4 is 21.8 Å². The van der Waals surface area contributed by atoms with Crippen LogP contribution in [-0.2, 0) is 36.1 Å². The molecular weight excluding hydrogens is 666 g/mol. The third-order valence-corrected chi connectivity index (χ3v) is 10.9. The second-order valence-corrected chi connectivity index (χ2v) is 14.1. The van der Waals surface area contributed by atoms with E-state index in [9.17, 15) is 27.9 Å². The van der Waals surface area contributed by atoms with Gasteiger partial charge in [0.15, 0.2) is 5.76 Å². The maximum absolute atomic E-state index is 13.9. The summed E-state index contributed by atoms with van der Waals surface area (Å²) in [5.41, 5.74) is 1.63. The Labute approximate surface area is 291 Å². The number of sulfonamides is 1. The molecule has 14 nitrogen and oxygen atoms in total. The topological polar surface area (TPSA) is 162 Å². The van der Waals surface area contributed by atoms with Gasteiger partial charge in [0.2, 0.25) is 22.2 Å². The number of nitrogens with zero attached hydrogens (tertiary/aromatic N) is 4. The molecule has 15 heteroatoms. The molecule has 2 amide bonds. The van der Waals surface area contributed by atoms with E-state index in [2.05, 4.69) is 5.32 Å². The van der Waals surface area contributed by atoms with E-state index in [0.29, 0.717) is 48.6 Å². The van der Waals surface area contributed by atoms with Crippen LogP contribution in [0.15, 0.2) is 76.1 Å². The van der Waals surface area contributed by atoms with Crippen molar-refractivity contribution in [2.45, 2.75) is 49.7 Å². The van der Waals surface area contributed by atoms with Crippen molar-refractivity contribution in [1.82, 2.24) is 23.9 Å². The summed E-state index contributed by atoms with van der Waals surface area (Å²) in [6, 6.07) is 15.2. The van der Waals surface area contributed by atoms with E-state index >= 15 is 0 Å². The summed E-state index contributed by atoms with van der Waals surface area (Å²) in [7, 11) is -0.704. The molecule has 50 heavy (non-hydrogen) atoms. The van der Waals surface area contributed by atoms with E-state index in [4.69, 9.17) is 14.2 Å². The predicted molar refractivity (Wildman–Crippen MR) is 184 cm³/mol. The van der Waals surface area contributed by atoms with Crippen LogP contribution >= 0.6 is 0 Å². The Morgan fingerprint density at radius 3 is 2.50 bits per heavy atom. The van der Waals surface area contributed by atoms with Gasteiger partial charge >= 0.3 is 0 Å². The number of hydrogen-bond donors (Lipinski definition) is 2. The van der Waals surface area contributed by atoms with Gasteiger partial charge in [-0.05, 0) is 62.2 Å². The molecule has 0 aliphatic carbocycles. The van der Waals surface area contributed by atoms with Crippen LogP contribution in [0.4, 0.5) is 0 Å². The molecule has 0 bridgehead atoms. The number of carbonyl (C=O) groups excluding carboxylic acids is 2. The fourth-order valence-corrected chi connectivity index (χ4v) is 7.70. The Bertz CT molecular complexity index is 1840. The number of para-hydroxylation sites is 1. The van der Waals surface area contributed by atoms with Crippen LogP contribution in [0.25, 0.3) is 5.69 Å². The van der Waals surface area contributed by atoms with E-state index < -0.39 is 34.7 Å². The number of carbonyl (C=O) groups is 2. The lowest BCUT2D eigenvalue weighted by atomic mass is 9.93. The van der Waals surface area contributed by atoms with E-state index in [1.54, 1.807) is 39.5 Å². The second-order valence-electron chi connectivity index (χ2n) is 12.2. The van der Waals surface area contributed by atoms with E-state index in [0.717, 1.165) is 17.3 Å². The zero-order valence-electron chi connectivity index (χ0n) is 28.6. The van der Waals surface area contributed by atoms with E-state index in [1.807, 2.05) is 37.3 Å². The van der Waals surface area contributed by atoms with Gasteiger partial charge in [-0.25, -0.2) is 13.1 Å². The predicted octanol–water partition coefficient (Wildman–Crippen LogP) is 2.04. The molecule has 1 fully saturated rings. The smallest absolute Gasteiger partial charge is 0.286 e. The molecule has 3 aromatic rings. The van der Waals surface area contributed by atoms with Crippen LogP contribution in [0.5, 0.6) is 5.75 Å². The molecule has 1 saturated heterocycles. The minimum atomic E-state index is -3.98. The van der Waals surface area contributed by atoms with Crippen LogP contribution in [-0.4, -0.2) is 103 Å². The van der Waals surface area contributed by atoms with Gasteiger partial charge in [-0.3, -0.25) is 19.1 Å². The molecule has 1 aromatic heterocycles. The number of aliphatic hydroxyl groups excluding tert-OH is 1. The zero-order chi connectivity index (χ0) is 35.8. The van der Waals surface area contributed by atoms with Gasteiger partial charge in [0.1, 0.15) is 5.75 Å². The van der Waals surface area contributed by atoms with Crippen LogP contribution < -0.4 is 15.6 Å². The van der Waals surface area contributed by atoms with Gasteiger partial charge < -0.3 is 29.5 Å². The molecule has 0 spiro atoms. The van der Waals surface area contributed by atoms with Crippen molar-refractivity contribution in [2.24, 2.45) is 7.05 Å². The van der Waals surface area contributed by atoms with Gasteiger partial charge in [-0.15, -0.1) is 0 Å². The second kappa shape index (κ2) is 16.5. The SMILES string of the molecule is COc1ccc(S(=O)(=O)N(CCO)CCOC2CC(c3c(C)n(C)n(-c4ccccc4)c3=O)C=C(C(=O)NCCCN3CCCC3=O)O2)cc1. The molecule has 2 aromatic carbocycles. The first-order valence-corrected chi connectivity index (χ1v) is 18.1. The molecular formula is C35H45N5O9S. The van der Waals surface area contributed by atoms with Gasteiger partial charge in [-0.2, -0.15) is 4.31 Å². The molecule has 2 unspecified atom stereocenters. The highest BCUT2D eigenvalue weighted by Gasteiger charge is 2.34. The third-order valence-electron chi connectivity index (χ3n) is 9.00. The van der Waals surface area contributed by atoms with Gasteiger partial charge in [0.25, 0.3) is 11.5 Å². The summed E-state index contributed by atoms with van der Waals surface area (Å²) in [5.74, 6) is -0.445. The Balaban J connectivity index is 1.33. The molecule has 2 atom stereocenters. The summed E-state index contributed by atoms with van der Waals surface area (Å²) < 4.78 is 48.4. The molecule has 5 rings (SSSR count). The molecule has 0 saturated carbocycles. The number of nitrogens with one attached hydrogen (secondary N) is 1. The van der Waals surface area contributed by atoms with Crippen LogP contribution in [0.3, 0.4) is 0 Å². The summed E-state index contributed by atoms with van der Waals surface area (Å²) in [6.07, 6.45) is 2.78. The lowest BCUT2D eigenvalue weighted by Gasteiger charge is -2.30. The van der Waals surface area contributed by atoms with Crippen molar-refractivity contribution in [2.75, 3.05) is 53.0 Å². The fraction of sp³-hybridized carbons (Fsp3) is 0.457. The maximum atomic E-state index is 13.9. The minimum Gasteiger partial charge on any atom is -0.497 e. The summed E-state index contributed by atoms with van der Waals surface area (Å²) in [4.78, 5) is 41.1. The van der Waals surface area contributed by atoms with Crippen molar-refractivity contribution in [3.05, 3.63) is 88.0 Å². The largest absolute Gasteiger partial charge is 0.497 e. The summed E-state index contributed by atoms with van der Waals surface area (Å²) >= 11 is 0. The Kier molecular flexibility index (Phi) is 12.2. The molecule has 2 aliphatic heterocycles. The number of methoxy groups -OCH3 is 1. The number of rotatable bonds is 16. The lowest BCUT2D eigenvalue weighted by molar-refractivity contribution is -0.146. The number of benzene rings is 2. The molecule has 2 N–H and O–H groups in total. The van der Waals surface area contributed by atoms with Crippen LogP contribution in [0.1, 0.15) is 42.9 Å². The number of aromatic nitrogens is 2. The van der Waals surface area contributed by atoms with Crippen molar-refractivity contribution in [3.63, 3.8) is 0 Å². The van der Waals surface area contributed by atoms with Gasteiger partial charge in [-0.1, -0.05) is 18.2 Å². The highest BCUT2D eigenvalue weighted by molar-refractivity contribution is 7.89. The Morgan fingerprint density at radius 1 is 1.10 bits per heavy atom. The third kappa shape index (κ3) is 8.29. The highest BCUT2D eigenvalue weighted by atomic mass is 32.2. The Morgan fingerprint density at radius 2 is 1.84 bits per heavy atom. The molecule has 3 heterocycles. The first-order valence-electron chi connectivity index (χ1n) is 16.7. The summed E-state index contributed by atoms with van der Waals surface area (Å²) in [6.45, 7) is 2.62. The van der Waals surface area contributed by atoms with E-state index in [-0.39, 0.29) is 48.2 Å². The first-order chi connectivity index (χ1) is 24.0. The molecule has 270 valence electrons. The van der Waals surface area contributed by atoms with Crippen molar-refractivity contribution in [3.8, 4) is 11.4 Å². The molecule has 0 radical (unpaired) electrons. The van der Waals surface area contributed by atoms with Gasteiger partial charge in [0, 0.05) is 69.8 Å². The van der Waals surface area contributed by atoms with Crippen LogP contribution in [0, 0.1) is 6.92 Å². The maximum Gasteiger partial charge on any atom is 0.286 e. The standard InChI is InChI=1S/C35H45N5O9S/c1-25-33(35(44)40(37(25)2)27-9-5-4-6-10-27)26-23-30(34(43)36-16-8-18-38-17-7-11-31(38)42)49-32(24-26)48-22-20-39(19-21-41)50(45,46)29-14-12-28(47-3)13-15-29/h4-6,9-10,12-15,23,26,32,41H,7-8,11,16-22,24H2,1-3H3,(H,36,43). The zero-order valence-corrected chi connectivity index (χ0v) is 29.4. The van der Waals surface area contributed by atoms with Gasteiger partial charge in [0.05, 0.1) is 30.9 Å². The number of hydrogen-bond acceptors (Lipinski definition) is 9. The summed E-state index contributed by atoms with van der Waals surface area (Å²) in [5, 5.41) is 12.5. The lowest BCUT2D eigenvalue weighted by Crippen LogP contribution is -2.38. The average molecular weight is 712 g/mol. The Hall–Kier alpha value is -4.44. The number of allylic oxidation sites excluding steroid dienone is 1. The fourth-order valence-electron chi connectivity index (χ4n) is 6.28.